The van der Waals surface area contributed by atoms with Crippen LogP contribution in [0.4, 0.5) is 11.4 Å². The summed E-state index contributed by atoms with van der Waals surface area (Å²) in [5, 5.41) is 19.8. The maximum absolute atomic E-state index is 10.8. The average Bonchev–Trinajstić information content (AvgIpc) is 2.32. The molecule has 0 atom stereocenters. The van der Waals surface area contributed by atoms with E-state index in [9.17, 15) is 10.1 Å². The quantitative estimate of drug-likeness (QED) is 0.435. The van der Waals surface area contributed by atoms with Gasteiger partial charge >= 0.3 is 0 Å². The summed E-state index contributed by atoms with van der Waals surface area (Å²) in [6, 6.07) is 4.81. The van der Waals surface area contributed by atoms with Crippen LogP contribution in [0.5, 0.6) is 0 Å². The van der Waals surface area contributed by atoms with Crippen molar-refractivity contribution in [3.63, 3.8) is 0 Å². The second kappa shape index (κ2) is 6.93. The summed E-state index contributed by atoms with van der Waals surface area (Å²) in [6.07, 6.45) is 0.953. The van der Waals surface area contributed by atoms with Crippen molar-refractivity contribution in [1.29, 1.82) is 0 Å². The van der Waals surface area contributed by atoms with Crippen LogP contribution >= 0.6 is 0 Å². The van der Waals surface area contributed by atoms with Crippen LogP contribution in [0.2, 0.25) is 0 Å². The molecule has 0 amide bonds. The van der Waals surface area contributed by atoms with Crippen LogP contribution in [-0.4, -0.2) is 34.6 Å². The lowest BCUT2D eigenvalue weighted by Gasteiger charge is -2.21. The zero-order valence-corrected chi connectivity index (χ0v) is 10.5. The molecule has 100 valence electrons. The molecule has 3 N–H and O–H groups in total. The molecular weight excluding hydrogens is 234 g/mol. The van der Waals surface area contributed by atoms with E-state index in [-0.39, 0.29) is 18.0 Å². The van der Waals surface area contributed by atoms with Gasteiger partial charge in [0.1, 0.15) is 5.69 Å². The van der Waals surface area contributed by atoms with Gasteiger partial charge in [-0.25, -0.2) is 0 Å². The molecule has 0 aromatic heterocycles. The normalized spacial score (nSPS) is 10.8. The molecule has 1 aromatic carbocycles. The van der Waals surface area contributed by atoms with Crippen molar-refractivity contribution in [2.24, 2.45) is 0 Å². The third-order valence-corrected chi connectivity index (χ3v) is 2.72. The molecule has 6 heteroatoms. The number of para-hydroxylation sites is 1. The molecule has 0 heterocycles. The monoisotopic (exact) mass is 253 g/mol. The van der Waals surface area contributed by atoms with Crippen LogP contribution in [-0.2, 0) is 6.54 Å². The number of hydrogen-bond acceptors (Lipinski definition) is 5. The second-order valence-corrected chi connectivity index (χ2v) is 4.11. The number of anilines is 1. The Morgan fingerprint density at radius 1 is 1.44 bits per heavy atom. The first-order chi connectivity index (χ1) is 8.60. The zero-order valence-electron chi connectivity index (χ0n) is 10.5. The molecular formula is C12H19N3O3. The lowest BCUT2D eigenvalue weighted by Crippen LogP contribution is -2.27. The highest BCUT2D eigenvalue weighted by atomic mass is 16.6. The molecule has 1 rings (SSSR count). The highest BCUT2D eigenvalue weighted by Gasteiger charge is 2.15. The highest BCUT2D eigenvalue weighted by molar-refractivity contribution is 5.62. The molecule has 0 radical (unpaired) electrons. The summed E-state index contributed by atoms with van der Waals surface area (Å²) in [4.78, 5) is 12.3. The van der Waals surface area contributed by atoms with Crippen LogP contribution in [0.15, 0.2) is 18.2 Å². The Hall–Kier alpha value is -1.66. The fourth-order valence-corrected chi connectivity index (χ4v) is 1.87. The molecule has 0 unspecified atom stereocenters. The van der Waals surface area contributed by atoms with Gasteiger partial charge in [0.05, 0.1) is 11.5 Å². The summed E-state index contributed by atoms with van der Waals surface area (Å²) in [5.74, 6) is 0. The van der Waals surface area contributed by atoms with Gasteiger partial charge in [0.2, 0.25) is 0 Å². The van der Waals surface area contributed by atoms with Crippen molar-refractivity contribution >= 4 is 11.4 Å². The maximum Gasteiger partial charge on any atom is 0.292 e. The lowest BCUT2D eigenvalue weighted by atomic mass is 10.1. The molecule has 0 aliphatic heterocycles. The molecule has 1 aromatic rings. The lowest BCUT2D eigenvalue weighted by molar-refractivity contribution is -0.384. The van der Waals surface area contributed by atoms with Crippen molar-refractivity contribution in [2.45, 2.75) is 19.9 Å². The number of nitrogen functional groups attached to an aromatic ring is 1. The third-order valence-electron chi connectivity index (χ3n) is 2.72. The van der Waals surface area contributed by atoms with E-state index in [1.807, 2.05) is 11.8 Å². The Kier molecular flexibility index (Phi) is 5.54. The van der Waals surface area contributed by atoms with Gasteiger partial charge in [-0.15, -0.1) is 0 Å². The number of aliphatic hydroxyl groups excluding tert-OH is 1. The van der Waals surface area contributed by atoms with E-state index < -0.39 is 4.92 Å². The van der Waals surface area contributed by atoms with Crippen LogP contribution in [0.3, 0.4) is 0 Å². The predicted molar refractivity (Wildman–Crippen MR) is 70.2 cm³/mol. The fourth-order valence-electron chi connectivity index (χ4n) is 1.87. The molecule has 0 aliphatic rings. The van der Waals surface area contributed by atoms with Gasteiger partial charge in [-0.1, -0.05) is 19.1 Å². The number of benzene rings is 1. The van der Waals surface area contributed by atoms with E-state index >= 15 is 0 Å². The van der Waals surface area contributed by atoms with Crippen molar-refractivity contribution in [3.8, 4) is 0 Å². The Labute approximate surface area is 106 Å². The molecule has 0 bridgehead atoms. The summed E-state index contributed by atoms with van der Waals surface area (Å²) < 4.78 is 0. The number of nitro groups is 1. The second-order valence-electron chi connectivity index (χ2n) is 4.11. The molecule has 0 saturated carbocycles. The summed E-state index contributed by atoms with van der Waals surface area (Å²) >= 11 is 0. The van der Waals surface area contributed by atoms with Gasteiger partial charge in [0, 0.05) is 19.2 Å². The van der Waals surface area contributed by atoms with Gasteiger partial charge < -0.3 is 10.8 Å². The smallest absolute Gasteiger partial charge is 0.292 e. The van der Waals surface area contributed by atoms with Crippen LogP contribution in [0.1, 0.15) is 18.9 Å². The molecule has 6 nitrogen and oxygen atoms in total. The Morgan fingerprint density at radius 2 is 2.17 bits per heavy atom. The minimum atomic E-state index is -0.477. The summed E-state index contributed by atoms with van der Waals surface area (Å²) in [5.41, 5.74) is 6.67. The largest absolute Gasteiger partial charge is 0.395 e. The number of hydrogen-bond donors (Lipinski definition) is 2. The van der Waals surface area contributed by atoms with Crippen molar-refractivity contribution in [3.05, 3.63) is 33.9 Å². The number of aliphatic hydroxyl groups is 1. The maximum atomic E-state index is 10.8. The molecule has 0 fully saturated rings. The van der Waals surface area contributed by atoms with E-state index in [0.29, 0.717) is 13.1 Å². The van der Waals surface area contributed by atoms with Gasteiger partial charge in [0.15, 0.2) is 0 Å². The van der Waals surface area contributed by atoms with E-state index in [2.05, 4.69) is 0 Å². The predicted octanol–water partition coefficient (Wildman–Crippen LogP) is 1.38. The van der Waals surface area contributed by atoms with E-state index in [4.69, 9.17) is 10.8 Å². The highest BCUT2D eigenvalue weighted by Crippen LogP contribution is 2.25. The van der Waals surface area contributed by atoms with E-state index in [1.165, 1.54) is 6.07 Å². The zero-order chi connectivity index (χ0) is 13.5. The van der Waals surface area contributed by atoms with Gasteiger partial charge in [0.25, 0.3) is 5.69 Å². The van der Waals surface area contributed by atoms with Crippen LogP contribution in [0, 0.1) is 10.1 Å². The van der Waals surface area contributed by atoms with Crippen molar-refractivity contribution < 1.29 is 10.0 Å². The number of rotatable bonds is 7. The SMILES string of the molecule is CCCN(CCO)Cc1cccc([N+](=O)[O-])c1N. The first-order valence-electron chi connectivity index (χ1n) is 5.95. The first kappa shape index (κ1) is 14.4. The van der Waals surface area contributed by atoms with Crippen molar-refractivity contribution in [1.82, 2.24) is 4.90 Å². The number of nitro benzene ring substituents is 1. The van der Waals surface area contributed by atoms with Crippen LogP contribution < -0.4 is 5.73 Å². The summed E-state index contributed by atoms with van der Waals surface area (Å²) in [7, 11) is 0. The Morgan fingerprint density at radius 3 is 2.72 bits per heavy atom. The van der Waals surface area contributed by atoms with Gasteiger partial charge in [-0.05, 0) is 18.5 Å². The average molecular weight is 253 g/mol. The molecule has 0 spiro atoms. The van der Waals surface area contributed by atoms with E-state index in [1.54, 1.807) is 12.1 Å². The van der Waals surface area contributed by atoms with Crippen LogP contribution in [0.25, 0.3) is 0 Å². The fraction of sp³-hybridized carbons (Fsp3) is 0.500. The van der Waals surface area contributed by atoms with Gasteiger partial charge in [-0.2, -0.15) is 0 Å². The van der Waals surface area contributed by atoms with Crippen molar-refractivity contribution in [2.75, 3.05) is 25.4 Å². The number of nitrogens with zero attached hydrogens (tertiary/aromatic N) is 2. The topological polar surface area (TPSA) is 92.6 Å². The third kappa shape index (κ3) is 3.68. The Bertz CT molecular complexity index is 404. The minimum absolute atomic E-state index is 0.0621. The Balaban J connectivity index is 2.88. The van der Waals surface area contributed by atoms with Gasteiger partial charge in [-0.3, -0.25) is 15.0 Å². The summed E-state index contributed by atoms with van der Waals surface area (Å²) in [6.45, 7) is 3.98. The van der Waals surface area contributed by atoms with E-state index in [0.717, 1.165) is 18.5 Å². The standard InChI is InChI=1S/C12H19N3O3/c1-2-6-14(7-8-16)9-10-4-3-5-11(12(10)13)15(17)18/h3-5,16H,2,6-9,13H2,1H3. The molecule has 0 aliphatic carbocycles. The first-order valence-corrected chi connectivity index (χ1v) is 5.95. The number of nitrogens with two attached hydrogens (primary N) is 1. The molecule has 0 saturated heterocycles. The molecule has 18 heavy (non-hydrogen) atoms. The minimum Gasteiger partial charge on any atom is -0.395 e.